The van der Waals surface area contributed by atoms with Gasteiger partial charge >= 0.3 is 11.8 Å². The van der Waals surface area contributed by atoms with Gasteiger partial charge in [0.2, 0.25) is 5.91 Å². The van der Waals surface area contributed by atoms with E-state index in [0.29, 0.717) is 19.4 Å². The van der Waals surface area contributed by atoms with E-state index in [0.717, 1.165) is 0 Å². The van der Waals surface area contributed by atoms with Crippen LogP contribution in [0.3, 0.4) is 0 Å². The van der Waals surface area contributed by atoms with Crippen LogP contribution in [0.4, 0.5) is 0 Å². The molecule has 0 bridgehead atoms. The number of nitrogens with one attached hydrogen (secondary N) is 2. The number of hydrogen-bond acceptors (Lipinski definition) is 4. The van der Waals surface area contributed by atoms with Crippen LogP contribution < -0.4 is 16.6 Å². The molecule has 1 fully saturated rings. The molecular weight excluding hydrogens is 200 g/mol. The molecule has 0 aliphatic carbocycles. The van der Waals surface area contributed by atoms with E-state index >= 15 is 0 Å². The van der Waals surface area contributed by atoms with Gasteiger partial charge in [-0.05, 0) is 12.8 Å². The number of hydrazine groups is 1. The van der Waals surface area contributed by atoms with Gasteiger partial charge in [-0.25, -0.2) is 5.84 Å². The Morgan fingerprint density at radius 3 is 2.60 bits per heavy atom. The van der Waals surface area contributed by atoms with E-state index in [1.54, 1.807) is 5.43 Å². The van der Waals surface area contributed by atoms with Crippen molar-refractivity contribution in [3.63, 3.8) is 0 Å². The number of likely N-dealkylation sites (N-methyl/N-ethyl adjacent to an activating group) is 1. The molecule has 3 amide bonds. The predicted octanol–water partition coefficient (Wildman–Crippen LogP) is -2.29. The van der Waals surface area contributed by atoms with Gasteiger partial charge in [0, 0.05) is 13.6 Å². The first-order valence-corrected chi connectivity index (χ1v) is 4.65. The zero-order valence-electron chi connectivity index (χ0n) is 8.45. The maximum absolute atomic E-state index is 11.5. The standard InChI is InChI=1S/C8H14N4O3/c1-10-6(13)5-3-2-4-12(5)8(15)7(14)11-9/h5H,2-4,9H2,1H3,(H,10,13)(H,11,14). The van der Waals surface area contributed by atoms with Crippen LogP contribution in [0.25, 0.3) is 0 Å². The van der Waals surface area contributed by atoms with E-state index in [9.17, 15) is 14.4 Å². The van der Waals surface area contributed by atoms with Crippen molar-refractivity contribution in [1.29, 1.82) is 0 Å². The number of likely N-dealkylation sites (tertiary alicyclic amines) is 1. The number of carbonyl (C=O) groups excluding carboxylic acids is 3. The van der Waals surface area contributed by atoms with Gasteiger partial charge in [-0.1, -0.05) is 0 Å². The van der Waals surface area contributed by atoms with Crippen molar-refractivity contribution in [2.75, 3.05) is 13.6 Å². The Balaban J connectivity index is 2.72. The Hall–Kier alpha value is -1.63. The molecule has 84 valence electrons. The normalized spacial score (nSPS) is 19.9. The molecule has 0 saturated carbocycles. The first kappa shape index (κ1) is 11.4. The third kappa shape index (κ3) is 2.24. The largest absolute Gasteiger partial charge is 0.357 e. The lowest BCUT2D eigenvalue weighted by Gasteiger charge is -2.21. The van der Waals surface area contributed by atoms with Gasteiger partial charge in [-0.15, -0.1) is 0 Å². The maximum Gasteiger partial charge on any atom is 0.323 e. The minimum Gasteiger partial charge on any atom is -0.357 e. The van der Waals surface area contributed by atoms with Gasteiger partial charge in [-0.3, -0.25) is 19.8 Å². The van der Waals surface area contributed by atoms with Gasteiger partial charge in [0.05, 0.1) is 0 Å². The summed E-state index contributed by atoms with van der Waals surface area (Å²) in [6.07, 6.45) is 1.28. The summed E-state index contributed by atoms with van der Waals surface area (Å²) in [5.74, 6) is 2.93. The fourth-order valence-electron chi connectivity index (χ4n) is 1.64. The molecule has 0 spiro atoms. The lowest BCUT2D eigenvalue weighted by Crippen LogP contribution is -2.51. The summed E-state index contributed by atoms with van der Waals surface area (Å²) in [7, 11) is 1.49. The zero-order valence-corrected chi connectivity index (χ0v) is 8.45. The molecule has 4 N–H and O–H groups in total. The molecule has 1 aliphatic heterocycles. The number of amides is 3. The number of nitrogens with zero attached hydrogens (tertiary/aromatic N) is 1. The van der Waals surface area contributed by atoms with Crippen molar-refractivity contribution in [3.8, 4) is 0 Å². The Kier molecular flexibility index (Phi) is 3.62. The van der Waals surface area contributed by atoms with E-state index in [1.165, 1.54) is 11.9 Å². The van der Waals surface area contributed by atoms with E-state index in [4.69, 9.17) is 5.84 Å². The monoisotopic (exact) mass is 214 g/mol. The summed E-state index contributed by atoms with van der Waals surface area (Å²) in [6.45, 7) is 0.407. The van der Waals surface area contributed by atoms with Crippen LogP contribution in [0.2, 0.25) is 0 Å². The third-order valence-corrected chi connectivity index (χ3v) is 2.39. The number of nitrogens with two attached hydrogens (primary N) is 1. The summed E-state index contributed by atoms with van der Waals surface area (Å²) in [5.41, 5.74) is 1.76. The molecule has 0 aromatic rings. The minimum absolute atomic E-state index is 0.259. The highest BCUT2D eigenvalue weighted by molar-refractivity contribution is 6.35. The molecule has 7 heteroatoms. The van der Waals surface area contributed by atoms with Crippen molar-refractivity contribution in [2.24, 2.45) is 5.84 Å². The molecule has 1 unspecified atom stereocenters. The highest BCUT2D eigenvalue weighted by atomic mass is 16.2. The van der Waals surface area contributed by atoms with Crippen LogP contribution in [0.5, 0.6) is 0 Å². The third-order valence-electron chi connectivity index (χ3n) is 2.39. The lowest BCUT2D eigenvalue weighted by molar-refractivity contribution is -0.148. The Morgan fingerprint density at radius 2 is 2.07 bits per heavy atom. The molecule has 15 heavy (non-hydrogen) atoms. The van der Waals surface area contributed by atoms with Crippen LogP contribution in [-0.2, 0) is 14.4 Å². The predicted molar refractivity (Wildman–Crippen MR) is 51.1 cm³/mol. The number of hydrogen-bond donors (Lipinski definition) is 3. The summed E-state index contributed by atoms with van der Waals surface area (Å²) in [5, 5.41) is 2.45. The first-order chi connectivity index (χ1) is 7.11. The molecule has 0 aromatic heterocycles. The van der Waals surface area contributed by atoms with Gasteiger partial charge < -0.3 is 10.2 Å². The molecule has 1 saturated heterocycles. The van der Waals surface area contributed by atoms with Crippen LogP contribution in [0.15, 0.2) is 0 Å². The topological polar surface area (TPSA) is 105 Å². The molecule has 1 rings (SSSR count). The van der Waals surface area contributed by atoms with E-state index in [1.807, 2.05) is 0 Å². The van der Waals surface area contributed by atoms with Crippen molar-refractivity contribution >= 4 is 17.7 Å². The number of rotatable bonds is 1. The quantitative estimate of drug-likeness (QED) is 0.198. The average Bonchev–Trinajstić information content (AvgIpc) is 2.74. The summed E-state index contributed by atoms with van der Waals surface area (Å²) >= 11 is 0. The van der Waals surface area contributed by atoms with E-state index < -0.39 is 17.9 Å². The van der Waals surface area contributed by atoms with Crippen LogP contribution in [-0.4, -0.2) is 42.3 Å². The smallest absolute Gasteiger partial charge is 0.323 e. The number of carbonyl (C=O) groups is 3. The minimum atomic E-state index is -0.897. The van der Waals surface area contributed by atoms with Crippen molar-refractivity contribution in [2.45, 2.75) is 18.9 Å². The molecule has 0 radical (unpaired) electrons. The summed E-state index contributed by atoms with van der Waals surface area (Å²) in [6, 6.07) is -0.556. The zero-order chi connectivity index (χ0) is 11.4. The summed E-state index contributed by atoms with van der Waals surface area (Å²) < 4.78 is 0. The van der Waals surface area contributed by atoms with Crippen molar-refractivity contribution in [3.05, 3.63) is 0 Å². The average molecular weight is 214 g/mol. The molecular formula is C8H14N4O3. The Bertz CT molecular complexity index is 292. The second kappa shape index (κ2) is 4.74. The Labute approximate surface area is 86.9 Å². The fraction of sp³-hybridized carbons (Fsp3) is 0.625. The first-order valence-electron chi connectivity index (χ1n) is 4.65. The van der Waals surface area contributed by atoms with Gasteiger partial charge in [0.15, 0.2) is 0 Å². The van der Waals surface area contributed by atoms with E-state index in [-0.39, 0.29) is 5.91 Å². The lowest BCUT2D eigenvalue weighted by atomic mass is 10.2. The van der Waals surface area contributed by atoms with Crippen LogP contribution >= 0.6 is 0 Å². The van der Waals surface area contributed by atoms with E-state index in [2.05, 4.69) is 5.32 Å². The Morgan fingerprint density at radius 1 is 1.40 bits per heavy atom. The highest BCUT2D eigenvalue weighted by Crippen LogP contribution is 2.17. The molecule has 7 nitrogen and oxygen atoms in total. The highest BCUT2D eigenvalue weighted by Gasteiger charge is 2.35. The van der Waals surface area contributed by atoms with Gasteiger partial charge in [-0.2, -0.15) is 0 Å². The SMILES string of the molecule is CNC(=O)C1CCCN1C(=O)C(=O)NN. The fourth-order valence-corrected chi connectivity index (χ4v) is 1.64. The second-order valence-electron chi connectivity index (χ2n) is 3.24. The molecule has 0 aromatic carbocycles. The van der Waals surface area contributed by atoms with Crippen molar-refractivity contribution in [1.82, 2.24) is 15.6 Å². The molecule has 1 atom stereocenters. The van der Waals surface area contributed by atoms with Gasteiger partial charge in [0.1, 0.15) is 6.04 Å². The summed E-state index contributed by atoms with van der Waals surface area (Å²) in [4.78, 5) is 35.1. The van der Waals surface area contributed by atoms with Gasteiger partial charge in [0.25, 0.3) is 0 Å². The second-order valence-corrected chi connectivity index (χ2v) is 3.24. The van der Waals surface area contributed by atoms with Crippen molar-refractivity contribution < 1.29 is 14.4 Å². The molecule has 1 heterocycles. The van der Waals surface area contributed by atoms with Crippen LogP contribution in [0.1, 0.15) is 12.8 Å². The van der Waals surface area contributed by atoms with Crippen LogP contribution in [0, 0.1) is 0 Å². The maximum atomic E-state index is 11.5. The molecule has 1 aliphatic rings.